The van der Waals surface area contributed by atoms with Gasteiger partial charge in [0.2, 0.25) is 5.91 Å². The molecule has 1 amide bonds. The quantitative estimate of drug-likeness (QED) is 0.142. The van der Waals surface area contributed by atoms with E-state index in [2.05, 4.69) is 238 Å². The first-order chi connectivity index (χ1) is 52.2. The van der Waals surface area contributed by atoms with E-state index >= 15 is 0 Å². The molecule has 0 N–H and O–H groups in total. The van der Waals surface area contributed by atoms with E-state index in [-0.39, 0.29) is 35.0 Å². The first-order valence-electron chi connectivity index (χ1n) is 38.1. The van der Waals surface area contributed by atoms with E-state index < -0.39 is 0 Å². The van der Waals surface area contributed by atoms with Crippen LogP contribution in [0.2, 0.25) is 0 Å². The number of fused-ring (bicyclic) bond motifs is 8. The lowest BCUT2D eigenvalue weighted by molar-refractivity contribution is -0.117. The smallest absolute Gasteiger partial charge is 0.254 e. The minimum atomic E-state index is 0.0682. The number of para-hydroxylation sites is 3. The number of hydrogen-bond acceptors (Lipinski definition) is 11. The minimum absolute atomic E-state index is 0.0682. The van der Waals surface area contributed by atoms with Gasteiger partial charge < -0.3 is 9.13 Å². The number of nitrogens with zero attached hydrogens (tertiary/aromatic N) is 11. The van der Waals surface area contributed by atoms with Gasteiger partial charge in [0.15, 0.2) is 0 Å². The fraction of sp³-hybridized carbons (Fsp3) is 0.295. The van der Waals surface area contributed by atoms with Gasteiger partial charge in [-0.05, 0) is 184 Å². The van der Waals surface area contributed by atoms with Crippen molar-refractivity contribution in [3.8, 4) is 0 Å². The summed E-state index contributed by atoms with van der Waals surface area (Å²) < 4.78 is 3.48. The predicted octanol–water partition coefficient (Wildman–Crippen LogP) is 22.8. The standard InChI is InChI=1S/2C13H15N.C12H14N2O.C12H13NO.2C12H13N.C11H12N2.C10H12N2O/c1-9(2)12-7-5-11-8-10(3)4-6-13(11)14-12;1-9(2)12-7-6-11-5-4-10(3)8-13(11)14-12;1-8(2)9-7-10-11(5-4-6-13-10)14(3)12(9)15;1-9(2)13-11-6-4-3-5-10(11)7-8-12(13)14;1-9(2)10-7-8-13-12-6-4-3-5-11(10)12;1-9(2)12-11-6-4-3-5-10(11)7-8-13-12;1-8(2)11-12-7-9-5-3-4-6-10(9)13-11;1-7(2)12-9(13)6-8-4-3-5-11-10(8)12/h2*4-9H,1-3H3;4-8H,1-3H3;3-9H,1-2H3;2*3-9H,1-2H3;3-8H,1-2H3;3-5,7H,6H2,1-2H3. The third kappa shape index (κ3) is 21.4. The van der Waals surface area contributed by atoms with Crippen LogP contribution in [0.15, 0.2) is 253 Å². The number of anilines is 1. The summed E-state index contributed by atoms with van der Waals surface area (Å²) in [5.74, 6) is 4.59. The number of hydrogen-bond donors (Lipinski definition) is 0. The molecule has 6 aromatic carbocycles. The second kappa shape index (κ2) is 38.3. The molecule has 15 aromatic rings. The molecule has 560 valence electrons. The highest BCUT2D eigenvalue weighted by molar-refractivity contribution is 6.00. The zero-order valence-corrected chi connectivity index (χ0v) is 67.1. The molecule has 10 heterocycles. The molecule has 0 fully saturated rings. The molecule has 1 aliphatic heterocycles. The van der Waals surface area contributed by atoms with E-state index in [1.54, 1.807) is 35.0 Å². The highest BCUT2D eigenvalue weighted by Gasteiger charge is 2.30. The van der Waals surface area contributed by atoms with Crippen molar-refractivity contribution >= 4 is 88.0 Å². The Hall–Kier alpha value is -11.5. The van der Waals surface area contributed by atoms with Crippen LogP contribution in [-0.2, 0) is 18.3 Å². The fourth-order valence-electron chi connectivity index (χ4n) is 12.8. The number of aromatic nitrogens is 10. The summed E-state index contributed by atoms with van der Waals surface area (Å²) in [5.41, 5.74) is 16.6. The number of aryl methyl sites for hydroxylation is 3. The summed E-state index contributed by atoms with van der Waals surface area (Å²) in [6, 6.07) is 71.5. The van der Waals surface area contributed by atoms with Crippen LogP contribution in [0.5, 0.6) is 0 Å². The summed E-state index contributed by atoms with van der Waals surface area (Å²) >= 11 is 0. The predicted molar refractivity (Wildman–Crippen MR) is 457 cm³/mol. The Kier molecular flexibility index (Phi) is 28.7. The van der Waals surface area contributed by atoms with Crippen LogP contribution in [0.4, 0.5) is 5.82 Å². The lowest BCUT2D eigenvalue weighted by Gasteiger charge is -2.20. The maximum Gasteiger partial charge on any atom is 0.254 e. The highest BCUT2D eigenvalue weighted by Crippen LogP contribution is 2.29. The molecule has 0 saturated carbocycles. The van der Waals surface area contributed by atoms with Gasteiger partial charge in [-0.2, -0.15) is 0 Å². The Labute approximate surface area is 643 Å². The van der Waals surface area contributed by atoms with Crippen molar-refractivity contribution < 1.29 is 4.79 Å². The van der Waals surface area contributed by atoms with Crippen LogP contribution in [-0.4, -0.2) is 61.0 Å². The average molecular weight is 1450 g/mol. The molecule has 1 aliphatic rings. The Balaban J connectivity index is 0.000000144. The monoisotopic (exact) mass is 1450 g/mol. The third-order valence-electron chi connectivity index (χ3n) is 18.7. The van der Waals surface area contributed by atoms with Crippen LogP contribution in [0, 0.1) is 13.8 Å². The fourth-order valence-corrected chi connectivity index (χ4v) is 12.8. The van der Waals surface area contributed by atoms with Crippen LogP contribution >= 0.6 is 0 Å². The Morgan fingerprint density at radius 3 is 1.58 bits per heavy atom. The molecule has 0 radical (unpaired) electrons. The van der Waals surface area contributed by atoms with Crippen molar-refractivity contribution in [2.45, 2.75) is 179 Å². The summed E-state index contributed by atoms with van der Waals surface area (Å²) in [5, 5.41) is 8.50. The van der Waals surface area contributed by atoms with E-state index in [4.69, 9.17) is 0 Å². The summed E-state index contributed by atoms with van der Waals surface area (Å²) in [4.78, 5) is 72.1. The summed E-state index contributed by atoms with van der Waals surface area (Å²) in [6.45, 7) is 37.9. The Morgan fingerprint density at radius 1 is 0.358 bits per heavy atom. The van der Waals surface area contributed by atoms with Gasteiger partial charge in [0.05, 0.1) is 50.7 Å². The molecular formula is C95H107N11O3. The molecule has 0 saturated heterocycles. The van der Waals surface area contributed by atoms with Crippen molar-refractivity contribution in [2.24, 2.45) is 7.05 Å². The van der Waals surface area contributed by atoms with Gasteiger partial charge >= 0.3 is 0 Å². The van der Waals surface area contributed by atoms with Gasteiger partial charge in [-0.25, -0.2) is 15.0 Å². The maximum atomic E-state index is 12.0. The molecule has 9 aromatic heterocycles. The SMILES string of the molecule is CC(C)N1C(=O)Cc2cccnc21.CC(C)c1cc2ncccc2n(C)c1=O.CC(C)c1ccnc2ccccc12.CC(C)c1ncc2ccccc2n1.CC(C)c1nccc2ccccc12.CC(C)n1c(=O)ccc2ccccc21.Cc1ccc2ccc(C(C)C)nc2c1.Cc1ccc2nc(C(C)C)ccc2c1. The first kappa shape index (κ1) is 81.6. The van der Waals surface area contributed by atoms with Gasteiger partial charge in [-0.15, -0.1) is 0 Å². The third-order valence-corrected chi connectivity index (χ3v) is 18.7. The minimum Gasteiger partial charge on any atom is -0.310 e. The second-order valence-electron chi connectivity index (χ2n) is 30.0. The molecule has 109 heavy (non-hydrogen) atoms. The van der Waals surface area contributed by atoms with E-state index in [1.165, 1.54) is 60.7 Å². The first-order valence-corrected chi connectivity index (χ1v) is 38.1. The Morgan fingerprint density at radius 2 is 0.908 bits per heavy atom. The van der Waals surface area contributed by atoms with Crippen molar-refractivity contribution in [3.63, 3.8) is 0 Å². The second-order valence-corrected chi connectivity index (χ2v) is 30.0. The van der Waals surface area contributed by atoms with E-state index in [1.807, 2.05) is 156 Å². The zero-order valence-electron chi connectivity index (χ0n) is 67.1. The number of pyridine rings is 8. The van der Waals surface area contributed by atoms with Crippen molar-refractivity contribution in [3.05, 3.63) is 315 Å². The molecule has 14 nitrogen and oxygen atoms in total. The lowest BCUT2D eigenvalue weighted by atomic mass is 9.99. The molecule has 0 aliphatic carbocycles. The molecule has 0 unspecified atom stereocenters. The van der Waals surface area contributed by atoms with E-state index in [0.29, 0.717) is 36.0 Å². The Bertz CT molecular complexity index is 5580. The van der Waals surface area contributed by atoms with Crippen LogP contribution in [0.3, 0.4) is 0 Å². The molecule has 0 atom stereocenters. The van der Waals surface area contributed by atoms with Crippen LogP contribution in [0.1, 0.15) is 203 Å². The van der Waals surface area contributed by atoms with Crippen LogP contribution in [0.25, 0.3) is 76.3 Å². The van der Waals surface area contributed by atoms with Crippen molar-refractivity contribution in [1.29, 1.82) is 0 Å². The topological polar surface area (TPSA) is 167 Å². The number of carbonyl (C=O) groups excluding carboxylic acids is 1. The molecule has 14 heteroatoms. The van der Waals surface area contributed by atoms with Gasteiger partial charge in [-0.1, -0.05) is 204 Å². The highest BCUT2D eigenvalue weighted by atomic mass is 16.2. The maximum absolute atomic E-state index is 12.0. The van der Waals surface area contributed by atoms with Gasteiger partial charge in [-0.3, -0.25) is 44.2 Å². The number of amides is 1. The summed E-state index contributed by atoms with van der Waals surface area (Å²) in [6.07, 6.45) is 9.64. The zero-order chi connectivity index (χ0) is 78.6. The number of carbonyl (C=O) groups is 1. The van der Waals surface area contributed by atoms with E-state index in [9.17, 15) is 14.4 Å². The van der Waals surface area contributed by atoms with Gasteiger partial charge in [0.25, 0.3) is 11.1 Å². The molecule has 0 bridgehead atoms. The van der Waals surface area contributed by atoms with E-state index in [0.717, 1.165) is 72.2 Å². The number of benzene rings is 6. The van der Waals surface area contributed by atoms with Gasteiger partial charge in [0.1, 0.15) is 11.6 Å². The molecule has 16 rings (SSSR count). The lowest BCUT2D eigenvalue weighted by Crippen LogP contribution is -2.33. The normalized spacial score (nSPS) is 11.6. The largest absolute Gasteiger partial charge is 0.310 e. The molecular weight excluding hydrogens is 1340 g/mol. The summed E-state index contributed by atoms with van der Waals surface area (Å²) in [7, 11) is 1.79. The van der Waals surface area contributed by atoms with Gasteiger partial charge in [0, 0.05) is 112 Å². The number of rotatable bonds is 8. The molecule has 0 spiro atoms. The average Bonchev–Trinajstić information content (AvgIpc) is 1.64. The van der Waals surface area contributed by atoms with Crippen LogP contribution < -0.4 is 16.0 Å². The van der Waals surface area contributed by atoms with Crippen molar-refractivity contribution in [2.75, 3.05) is 4.90 Å². The van der Waals surface area contributed by atoms with Crippen molar-refractivity contribution in [1.82, 2.24) is 49.0 Å².